The van der Waals surface area contributed by atoms with Gasteiger partial charge in [0.05, 0.1) is 5.69 Å². The number of rotatable bonds is 3. The molecule has 27 heavy (non-hydrogen) atoms. The zero-order valence-corrected chi connectivity index (χ0v) is 16.2. The molecule has 2 aromatic carbocycles. The minimum absolute atomic E-state index is 0.0874. The van der Waals surface area contributed by atoms with Crippen LogP contribution in [-0.4, -0.2) is 35.9 Å². The van der Waals surface area contributed by atoms with Crippen LogP contribution < -0.4 is 4.90 Å². The predicted molar refractivity (Wildman–Crippen MR) is 110 cm³/mol. The van der Waals surface area contributed by atoms with Crippen molar-refractivity contribution in [2.45, 2.75) is 45.6 Å². The standard InChI is InChI=1S/C23H27N3O/c1-17-13-18(2)15-20(14-17)26-22(27)21(16-19-9-5-3-6-10-19)24-23(26)25-11-7-4-8-12-25/h3,5-6,9-10,13-15,21H,4,7-8,11-12,16H2,1-2H3. The van der Waals surface area contributed by atoms with Crippen molar-refractivity contribution in [3.05, 3.63) is 65.2 Å². The van der Waals surface area contributed by atoms with Gasteiger partial charge in [-0.1, -0.05) is 36.4 Å². The lowest BCUT2D eigenvalue weighted by Crippen LogP contribution is -2.47. The lowest BCUT2D eigenvalue weighted by atomic mass is 10.1. The average molecular weight is 361 g/mol. The first-order valence-electron chi connectivity index (χ1n) is 9.91. The minimum atomic E-state index is -0.342. The summed E-state index contributed by atoms with van der Waals surface area (Å²) in [5.41, 5.74) is 4.43. The molecule has 0 aromatic heterocycles. The van der Waals surface area contributed by atoms with E-state index in [1.807, 2.05) is 23.1 Å². The molecule has 2 aliphatic rings. The highest BCUT2D eigenvalue weighted by atomic mass is 16.2. The summed E-state index contributed by atoms with van der Waals surface area (Å²) in [4.78, 5) is 22.5. The number of aliphatic imine (C=N–C) groups is 1. The molecule has 0 radical (unpaired) electrons. The number of amides is 1. The van der Waals surface area contributed by atoms with Crippen LogP contribution in [0.25, 0.3) is 0 Å². The highest BCUT2D eigenvalue weighted by molar-refractivity contribution is 6.22. The fourth-order valence-electron chi connectivity index (χ4n) is 4.11. The van der Waals surface area contributed by atoms with Gasteiger partial charge in [-0.15, -0.1) is 0 Å². The summed E-state index contributed by atoms with van der Waals surface area (Å²) in [7, 11) is 0. The Morgan fingerprint density at radius 2 is 1.63 bits per heavy atom. The van der Waals surface area contributed by atoms with Crippen molar-refractivity contribution in [2.24, 2.45) is 4.99 Å². The molecule has 4 rings (SSSR count). The number of benzene rings is 2. The highest BCUT2D eigenvalue weighted by Gasteiger charge is 2.38. The Morgan fingerprint density at radius 3 is 2.30 bits per heavy atom. The molecule has 1 atom stereocenters. The Bertz CT molecular complexity index is 833. The topological polar surface area (TPSA) is 35.9 Å². The van der Waals surface area contributed by atoms with Gasteiger partial charge in [0, 0.05) is 19.5 Å². The van der Waals surface area contributed by atoms with E-state index in [9.17, 15) is 4.79 Å². The Hall–Kier alpha value is -2.62. The van der Waals surface area contributed by atoms with Crippen molar-refractivity contribution < 1.29 is 4.79 Å². The molecule has 140 valence electrons. The minimum Gasteiger partial charge on any atom is -0.342 e. The smallest absolute Gasteiger partial charge is 0.259 e. The van der Waals surface area contributed by atoms with Crippen molar-refractivity contribution in [1.82, 2.24) is 4.90 Å². The van der Waals surface area contributed by atoms with E-state index in [-0.39, 0.29) is 11.9 Å². The molecular weight excluding hydrogens is 334 g/mol. The lowest BCUT2D eigenvalue weighted by Gasteiger charge is -2.32. The van der Waals surface area contributed by atoms with Gasteiger partial charge >= 0.3 is 0 Å². The molecule has 0 spiro atoms. The molecule has 4 heteroatoms. The van der Waals surface area contributed by atoms with Crippen molar-refractivity contribution in [1.29, 1.82) is 0 Å². The summed E-state index contributed by atoms with van der Waals surface area (Å²) >= 11 is 0. The molecule has 0 saturated carbocycles. The summed E-state index contributed by atoms with van der Waals surface area (Å²) in [6, 6.07) is 16.2. The number of guanidine groups is 1. The first kappa shape index (κ1) is 17.8. The van der Waals surface area contributed by atoms with Crippen molar-refractivity contribution >= 4 is 17.6 Å². The Labute approximate surface area is 161 Å². The molecule has 1 amide bonds. The van der Waals surface area contributed by atoms with Gasteiger partial charge in [-0.25, -0.2) is 9.89 Å². The van der Waals surface area contributed by atoms with E-state index in [0.29, 0.717) is 6.42 Å². The van der Waals surface area contributed by atoms with Crippen LogP contribution in [0.2, 0.25) is 0 Å². The van der Waals surface area contributed by atoms with Gasteiger partial charge in [0.15, 0.2) is 0 Å². The van der Waals surface area contributed by atoms with Gasteiger partial charge in [0.1, 0.15) is 6.04 Å². The third-order valence-corrected chi connectivity index (χ3v) is 5.35. The van der Waals surface area contributed by atoms with Crippen LogP contribution in [-0.2, 0) is 11.2 Å². The maximum absolute atomic E-state index is 13.4. The van der Waals surface area contributed by atoms with Crippen LogP contribution in [0, 0.1) is 13.8 Å². The van der Waals surface area contributed by atoms with Gasteiger partial charge in [0.2, 0.25) is 5.96 Å². The van der Waals surface area contributed by atoms with E-state index < -0.39 is 0 Å². The molecule has 1 saturated heterocycles. The summed E-state index contributed by atoms with van der Waals surface area (Å²) in [5.74, 6) is 0.926. The van der Waals surface area contributed by atoms with Crippen LogP contribution in [0.1, 0.15) is 36.0 Å². The number of hydrogen-bond donors (Lipinski definition) is 0. The number of carbonyl (C=O) groups excluding carboxylic acids is 1. The second kappa shape index (κ2) is 7.55. The van der Waals surface area contributed by atoms with E-state index in [0.717, 1.165) is 43.1 Å². The zero-order chi connectivity index (χ0) is 18.8. The maximum atomic E-state index is 13.4. The van der Waals surface area contributed by atoms with Crippen LogP contribution in [0.15, 0.2) is 53.5 Å². The lowest BCUT2D eigenvalue weighted by molar-refractivity contribution is -0.118. The number of nitrogens with zero attached hydrogens (tertiary/aromatic N) is 3. The van der Waals surface area contributed by atoms with E-state index in [4.69, 9.17) is 4.99 Å². The Morgan fingerprint density at radius 1 is 0.963 bits per heavy atom. The van der Waals surface area contributed by atoms with Crippen LogP contribution >= 0.6 is 0 Å². The summed E-state index contributed by atoms with van der Waals surface area (Å²) < 4.78 is 0. The Kier molecular flexibility index (Phi) is 4.97. The monoisotopic (exact) mass is 361 g/mol. The maximum Gasteiger partial charge on any atom is 0.259 e. The molecule has 0 aliphatic carbocycles. The average Bonchev–Trinajstić information content (AvgIpc) is 2.99. The number of piperidine rings is 1. The molecular formula is C23H27N3O. The number of anilines is 1. The van der Waals surface area contributed by atoms with E-state index in [2.05, 4.69) is 49.1 Å². The molecule has 2 aliphatic heterocycles. The quantitative estimate of drug-likeness (QED) is 0.825. The van der Waals surface area contributed by atoms with Crippen molar-refractivity contribution in [3.63, 3.8) is 0 Å². The normalized spacial score (nSPS) is 20.1. The third-order valence-electron chi connectivity index (χ3n) is 5.35. The van der Waals surface area contributed by atoms with E-state index in [1.165, 1.54) is 17.5 Å². The highest BCUT2D eigenvalue weighted by Crippen LogP contribution is 2.28. The molecule has 0 bridgehead atoms. The first-order valence-corrected chi connectivity index (χ1v) is 9.91. The summed E-state index contributed by atoms with van der Waals surface area (Å²) in [6.45, 7) is 6.11. The van der Waals surface area contributed by atoms with Crippen LogP contribution in [0.4, 0.5) is 5.69 Å². The Balaban J connectivity index is 1.69. The summed E-state index contributed by atoms with van der Waals surface area (Å²) in [6.07, 6.45) is 4.24. The molecule has 0 N–H and O–H groups in total. The first-order chi connectivity index (χ1) is 13.1. The number of carbonyl (C=O) groups is 1. The van der Waals surface area contributed by atoms with Crippen LogP contribution in [0.3, 0.4) is 0 Å². The number of aryl methyl sites for hydroxylation is 2. The molecule has 2 heterocycles. The largest absolute Gasteiger partial charge is 0.342 e. The zero-order valence-electron chi connectivity index (χ0n) is 16.2. The number of likely N-dealkylation sites (tertiary alicyclic amines) is 1. The van der Waals surface area contributed by atoms with Gasteiger partial charge < -0.3 is 4.90 Å². The van der Waals surface area contributed by atoms with Gasteiger partial charge in [-0.3, -0.25) is 4.79 Å². The second-order valence-corrected chi connectivity index (χ2v) is 7.70. The predicted octanol–water partition coefficient (Wildman–Crippen LogP) is 4.10. The molecule has 2 aromatic rings. The molecule has 1 unspecified atom stereocenters. The molecule has 1 fully saturated rings. The van der Waals surface area contributed by atoms with Gasteiger partial charge in [-0.05, 0) is 61.9 Å². The summed E-state index contributed by atoms with van der Waals surface area (Å²) in [5, 5.41) is 0. The van der Waals surface area contributed by atoms with Crippen molar-refractivity contribution in [2.75, 3.05) is 18.0 Å². The van der Waals surface area contributed by atoms with Crippen LogP contribution in [0.5, 0.6) is 0 Å². The van der Waals surface area contributed by atoms with E-state index >= 15 is 0 Å². The SMILES string of the molecule is Cc1cc(C)cc(N2C(=O)C(Cc3ccccc3)N=C2N2CCCCC2)c1. The van der Waals surface area contributed by atoms with Gasteiger partial charge in [-0.2, -0.15) is 0 Å². The third kappa shape index (κ3) is 3.75. The van der Waals surface area contributed by atoms with Crippen molar-refractivity contribution in [3.8, 4) is 0 Å². The fraction of sp³-hybridized carbons (Fsp3) is 0.391. The van der Waals surface area contributed by atoms with Gasteiger partial charge in [0.25, 0.3) is 5.91 Å². The second-order valence-electron chi connectivity index (χ2n) is 7.70. The number of hydrogen-bond acceptors (Lipinski definition) is 3. The fourth-order valence-corrected chi connectivity index (χ4v) is 4.11. The van der Waals surface area contributed by atoms with E-state index in [1.54, 1.807) is 0 Å². The molecule has 4 nitrogen and oxygen atoms in total.